The van der Waals surface area contributed by atoms with Gasteiger partial charge in [-0.05, 0) is 37.1 Å². The number of hydrogen-bond acceptors (Lipinski definition) is 3. The minimum absolute atomic E-state index is 0.482. The van der Waals surface area contributed by atoms with Crippen molar-refractivity contribution in [2.75, 3.05) is 11.9 Å². The molecule has 2 rings (SSSR count). The van der Waals surface area contributed by atoms with Crippen LogP contribution < -0.4 is 5.32 Å². The molecule has 0 aliphatic carbocycles. The largest absolute Gasteiger partial charge is 0.385 e. The number of benzene rings is 1. The van der Waals surface area contributed by atoms with Crippen LogP contribution in [0.4, 0.5) is 5.69 Å². The molecule has 0 radical (unpaired) electrons. The van der Waals surface area contributed by atoms with Crippen molar-refractivity contribution in [3.05, 3.63) is 46.7 Å². The summed E-state index contributed by atoms with van der Waals surface area (Å²) in [6.07, 6.45) is 4.85. The zero-order valence-electron chi connectivity index (χ0n) is 10.7. The Morgan fingerprint density at radius 2 is 2.32 bits per heavy atom. The van der Waals surface area contributed by atoms with E-state index in [-0.39, 0.29) is 0 Å². The van der Waals surface area contributed by atoms with Crippen LogP contribution in [0.1, 0.15) is 17.5 Å². The Labute approximate surface area is 117 Å². The minimum atomic E-state index is 0.482. The standard InChI is InChI=1S/C14H15ClN4/c1-11-9-18-19(10-11)6-2-5-17-13-4-3-12(8-16)14(15)7-13/h3-4,7,9-10,17H,2,5-6H2,1H3. The zero-order valence-corrected chi connectivity index (χ0v) is 11.5. The van der Waals surface area contributed by atoms with Crippen molar-refractivity contribution in [1.82, 2.24) is 9.78 Å². The summed E-state index contributed by atoms with van der Waals surface area (Å²) in [6, 6.07) is 7.41. The van der Waals surface area contributed by atoms with Gasteiger partial charge < -0.3 is 5.32 Å². The van der Waals surface area contributed by atoms with E-state index in [4.69, 9.17) is 16.9 Å². The highest BCUT2D eigenvalue weighted by molar-refractivity contribution is 6.32. The van der Waals surface area contributed by atoms with E-state index >= 15 is 0 Å². The van der Waals surface area contributed by atoms with E-state index in [0.717, 1.165) is 25.2 Å². The van der Waals surface area contributed by atoms with Crippen LogP contribution in [-0.4, -0.2) is 16.3 Å². The van der Waals surface area contributed by atoms with Gasteiger partial charge in [0.2, 0.25) is 0 Å². The number of hydrogen-bond donors (Lipinski definition) is 1. The molecule has 0 spiro atoms. The second-order valence-electron chi connectivity index (χ2n) is 4.37. The van der Waals surface area contributed by atoms with Gasteiger partial charge in [0.15, 0.2) is 0 Å². The molecule has 4 nitrogen and oxygen atoms in total. The first-order chi connectivity index (χ1) is 9.19. The third kappa shape index (κ3) is 3.73. The quantitative estimate of drug-likeness (QED) is 0.852. The summed E-state index contributed by atoms with van der Waals surface area (Å²) in [5.74, 6) is 0. The molecule has 0 atom stereocenters. The molecule has 0 bridgehead atoms. The molecule has 0 aliphatic rings. The molecular weight excluding hydrogens is 260 g/mol. The van der Waals surface area contributed by atoms with Crippen LogP contribution in [0.5, 0.6) is 0 Å². The van der Waals surface area contributed by atoms with E-state index in [2.05, 4.69) is 10.4 Å². The summed E-state index contributed by atoms with van der Waals surface area (Å²) in [4.78, 5) is 0. The average molecular weight is 275 g/mol. The summed E-state index contributed by atoms with van der Waals surface area (Å²) < 4.78 is 1.93. The fourth-order valence-corrected chi connectivity index (χ4v) is 2.00. The first-order valence-electron chi connectivity index (χ1n) is 6.11. The molecule has 0 unspecified atom stereocenters. The lowest BCUT2D eigenvalue weighted by Gasteiger charge is -2.07. The average Bonchev–Trinajstić information content (AvgIpc) is 2.81. The van der Waals surface area contributed by atoms with E-state index in [9.17, 15) is 0 Å². The van der Waals surface area contributed by atoms with Gasteiger partial charge in [-0.25, -0.2) is 0 Å². The number of nitriles is 1. The van der Waals surface area contributed by atoms with Gasteiger partial charge in [-0.3, -0.25) is 4.68 Å². The lowest BCUT2D eigenvalue weighted by Crippen LogP contribution is -2.07. The van der Waals surface area contributed by atoms with Crippen molar-refractivity contribution >= 4 is 17.3 Å². The molecule has 2 aromatic rings. The lowest BCUT2D eigenvalue weighted by atomic mass is 10.2. The van der Waals surface area contributed by atoms with Gasteiger partial charge in [-0.2, -0.15) is 10.4 Å². The van der Waals surface area contributed by atoms with Crippen LogP contribution >= 0.6 is 11.6 Å². The van der Waals surface area contributed by atoms with Gasteiger partial charge in [0.1, 0.15) is 6.07 Å². The number of aromatic nitrogens is 2. The fourth-order valence-electron chi connectivity index (χ4n) is 1.78. The maximum absolute atomic E-state index is 8.79. The molecule has 1 aromatic carbocycles. The Kier molecular flexibility index (Phi) is 4.43. The van der Waals surface area contributed by atoms with E-state index < -0.39 is 0 Å². The van der Waals surface area contributed by atoms with Crippen molar-refractivity contribution in [2.45, 2.75) is 19.9 Å². The van der Waals surface area contributed by atoms with E-state index in [0.29, 0.717) is 10.6 Å². The van der Waals surface area contributed by atoms with Crippen LogP contribution in [-0.2, 0) is 6.54 Å². The van der Waals surface area contributed by atoms with Crippen LogP contribution in [0, 0.1) is 18.3 Å². The van der Waals surface area contributed by atoms with Crippen LogP contribution in [0.2, 0.25) is 5.02 Å². The summed E-state index contributed by atoms with van der Waals surface area (Å²) in [7, 11) is 0. The number of nitrogens with one attached hydrogen (secondary N) is 1. The SMILES string of the molecule is Cc1cnn(CCCNc2ccc(C#N)c(Cl)c2)c1. The molecule has 1 aromatic heterocycles. The zero-order chi connectivity index (χ0) is 13.7. The summed E-state index contributed by atoms with van der Waals surface area (Å²) in [5, 5.41) is 16.8. The van der Waals surface area contributed by atoms with Gasteiger partial charge in [0, 0.05) is 25.0 Å². The summed E-state index contributed by atoms with van der Waals surface area (Å²) in [6.45, 7) is 3.74. The van der Waals surface area contributed by atoms with Crippen LogP contribution in [0.25, 0.3) is 0 Å². The first-order valence-corrected chi connectivity index (χ1v) is 6.49. The van der Waals surface area contributed by atoms with Crippen molar-refractivity contribution in [1.29, 1.82) is 5.26 Å². The lowest BCUT2D eigenvalue weighted by molar-refractivity contribution is 0.591. The molecule has 0 saturated carbocycles. The Hall–Kier alpha value is -1.99. The van der Waals surface area contributed by atoms with Crippen molar-refractivity contribution in [2.24, 2.45) is 0 Å². The monoisotopic (exact) mass is 274 g/mol. The van der Waals surface area contributed by atoms with Crippen molar-refractivity contribution in [3.63, 3.8) is 0 Å². The second kappa shape index (κ2) is 6.26. The number of aryl methyl sites for hydroxylation is 2. The van der Waals surface area contributed by atoms with E-state index in [1.165, 1.54) is 5.56 Å². The van der Waals surface area contributed by atoms with Crippen molar-refractivity contribution < 1.29 is 0 Å². The highest BCUT2D eigenvalue weighted by Crippen LogP contribution is 2.20. The topological polar surface area (TPSA) is 53.6 Å². The Morgan fingerprint density at radius 3 is 2.95 bits per heavy atom. The molecule has 98 valence electrons. The van der Waals surface area contributed by atoms with Crippen LogP contribution in [0.15, 0.2) is 30.6 Å². The second-order valence-corrected chi connectivity index (χ2v) is 4.77. The third-order valence-corrected chi connectivity index (χ3v) is 3.06. The Bertz CT molecular complexity index is 598. The highest BCUT2D eigenvalue weighted by Gasteiger charge is 2.00. The Balaban J connectivity index is 1.80. The molecule has 5 heteroatoms. The number of nitrogens with zero attached hydrogens (tertiary/aromatic N) is 3. The molecule has 0 fully saturated rings. The normalized spacial score (nSPS) is 10.2. The Morgan fingerprint density at radius 1 is 1.47 bits per heavy atom. The van der Waals surface area contributed by atoms with Gasteiger partial charge in [-0.1, -0.05) is 11.6 Å². The molecule has 0 saturated heterocycles. The maximum atomic E-state index is 8.79. The minimum Gasteiger partial charge on any atom is -0.385 e. The number of rotatable bonds is 5. The molecule has 19 heavy (non-hydrogen) atoms. The van der Waals surface area contributed by atoms with Crippen LogP contribution in [0.3, 0.4) is 0 Å². The predicted molar refractivity (Wildman–Crippen MR) is 76.2 cm³/mol. The number of anilines is 1. The van der Waals surface area contributed by atoms with Gasteiger partial charge in [-0.15, -0.1) is 0 Å². The van der Waals surface area contributed by atoms with Gasteiger partial charge >= 0.3 is 0 Å². The van der Waals surface area contributed by atoms with E-state index in [1.54, 1.807) is 12.1 Å². The molecular formula is C14H15ClN4. The smallest absolute Gasteiger partial charge is 0.101 e. The molecule has 0 aliphatic heterocycles. The van der Waals surface area contributed by atoms with E-state index in [1.807, 2.05) is 36.1 Å². The summed E-state index contributed by atoms with van der Waals surface area (Å²) >= 11 is 5.96. The predicted octanol–water partition coefficient (Wildman–Crippen LogP) is 3.22. The molecule has 0 amide bonds. The third-order valence-electron chi connectivity index (χ3n) is 2.74. The maximum Gasteiger partial charge on any atom is 0.101 e. The molecule has 1 N–H and O–H groups in total. The molecule has 1 heterocycles. The fraction of sp³-hybridized carbons (Fsp3) is 0.286. The summed E-state index contributed by atoms with van der Waals surface area (Å²) in [5.41, 5.74) is 2.60. The highest BCUT2D eigenvalue weighted by atomic mass is 35.5. The number of halogens is 1. The first kappa shape index (κ1) is 13.4. The van der Waals surface area contributed by atoms with Gasteiger partial charge in [0.05, 0.1) is 16.8 Å². The van der Waals surface area contributed by atoms with Gasteiger partial charge in [0.25, 0.3) is 0 Å². The van der Waals surface area contributed by atoms with Crippen molar-refractivity contribution in [3.8, 4) is 6.07 Å².